The lowest BCUT2D eigenvalue weighted by molar-refractivity contribution is -0.129. The largest absolute Gasteiger partial charge is 0.465 e. The molecule has 3 N–H and O–H groups in total. The van der Waals surface area contributed by atoms with Crippen LogP contribution < -0.4 is 11.1 Å². The van der Waals surface area contributed by atoms with Crippen LogP contribution in [0.2, 0.25) is 0 Å². The number of nitrogens with zero attached hydrogens (tertiary/aromatic N) is 1. The van der Waals surface area contributed by atoms with E-state index < -0.39 is 5.97 Å². The smallest absolute Gasteiger partial charge is 0.340 e. The second-order valence-corrected chi connectivity index (χ2v) is 5.06. The summed E-state index contributed by atoms with van der Waals surface area (Å²) in [6.07, 6.45) is 2.64. The number of ether oxygens (including phenoxy) is 1. The molecule has 1 aliphatic heterocycles. The number of benzene rings is 1. The van der Waals surface area contributed by atoms with Crippen molar-refractivity contribution in [2.75, 3.05) is 37.8 Å². The molecule has 114 valence electrons. The Balaban J connectivity index is 1.88. The summed E-state index contributed by atoms with van der Waals surface area (Å²) in [5, 5.41) is 3.13. The van der Waals surface area contributed by atoms with Crippen molar-refractivity contribution in [3.8, 4) is 0 Å². The molecule has 1 aliphatic rings. The number of methoxy groups -OCH3 is 1. The third kappa shape index (κ3) is 3.87. The van der Waals surface area contributed by atoms with E-state index in [2.05, 4.69) is 10.1 Å². The zero-order valence-electron chi connectivity index (χ0n) is 12.2. The van der Waals surface area contributed by atoms with Gasteiger partial charge >= 0.3 is 5.97 Å². The van der Waals surface area contributed by atoms with Crippen LogP contribution in [-0.4, -0.2) is 43.5 Å². The fraction of sp³-hybridized carbons (Fsp3) is 0.467. The number of esters is 1. The number of hydrogen-bond donors (Lipinski definition) is 2. The predicted molar refractivity (Wildman–Crippen MR) is 81.1 cm³/mol. The number of nitrogens with two attached hydrogens (primary N) is 1. The molecule has 1 saturated heterocycles. The van der Waals surface area contributed by atoms with Crippen molar-refractivity contribution in [2.45, 2.75) is 19.3 Å². The molecule has 0 atom stereocenters. The highest BCUT2D eigenvalue weighted by atomic mass is 16.5. The monoisotopic (exact) mass is 291 g/mol. The van der Waals surface area contributed by atoms with E-state index in [-0.39, 0.29) is 5.91 Å². The quantitative estimate of drug-likeness (QED) is 0.634. The average Bonchev–Trinajstić information content (AvgIpc) is 3.02. The predicted octanol–water partition coefficient (Wildman–Crippen LogP) is 1.48. The number of amides is 1. The van der Waals surface area contributed by atoms with E-state index in [1.807, 2.05) is 4.90 Å². The van der Waals surface area contributed by atoms with Gasteiger partial charge in [-0.3, -0.25) is 4.79 Å². The van der Waals surface area contributed by atoms with Crippen molar-refractivity contribution in [3.63, 3.8) is 0 Å². The van der Waals surface area contributed by atoms with E-state index in [0.717, 1.165) is 31.6 Å². The maximum atomic E-state index is 11.9. The summed E-state index contributed by atoms with van der Waals surface area (Å²) in [6.45, 7) is 2.26. The minimum atomic E-state index is -0.468. The summed E-state index contributed by atoms with van der Waals surface area (Å²) < 4.78 is 4.67. The molecule has 0 spiro atoms. The van der Waals surface area contributed by atoms with Crippen LogP contribution in [-0.2, 0) is 9.53 Å². The molecule has 1 amide bonds. The Hall–Kier alpha value is -2.24. The first-order valence-corrected chi connectivity index (χ1v) is 7.11. The normalized spacial score (nSPS) is 14.0. The first-order chi connectivity index (χ1) is 10.1. The second kappa shape index (κ2) is 6.97. The molecule has 0 bridgehead atoms. The van der Waals surface area contributed by atoms with Gasteiger partial charge in [-0.1, -0.05) is 0 Å². The highest BCUT2D eigenvalue weighted by Crippen LogP contribution is 2.19. The maximum Gasteiger partial charge on any atom is 0.340 e. The number of rotatable bonds is 5. The van der Waals surface area contributed by atoms with Crippen molar-refractivity contribution >= 4 is 23.3 Å². The molecule has 1 aromatic rings. The molecule has 1 fully saturated rings. The van der Waals surface area contributed by atoms with E-state index in [0.29, 0.717) is 24.2 Å². The number of hydrogen-bond acceptors (Lipinski definition) is 5. The Morgan fingerprint density at radius 3 is 2.71 bits per heavy atom. The van der Waals surface area contributed by atoms with Crippen LogP contribution in [0.1, 0.15) is 29.6 Å². The zero-order chi connectivity index (χ0) is 15.2. The van der Waals surface area contributed by atoms with Gasteiger partial charge in [-0.2, -0.15) is 0 Å². The number of carbonyl (C=O) groups is 2. The van der Waals surface area contributed by atoms with Gasteiger partial charge in [0.05, 0.1) is 12.7 Å². The molecule has 1 heterocycles. The van der Waals surface area contributed by atoms with Crippen molar-refractivity contribution in [1.29, 1.82) is 0 Å². The molecule has 21 heavy (non-hydrogen) atoms. The average molecular weight is 291 g/mol. The highest BCUT2D eigenvalue weighted by molar-refractivity contribution is 5.96. The van der Waals surface area contributed by atoms with E-state index in [9.17, 15) is 9.59 Å². The van der Waals surface area contributed by atoms with E-state index in [1.54, 1.807) is 18.2 Å². The van der Waals surface area contributed by atoms with Gasteiger partial charge in [-0.05, 0) is 31.0 Å². The van der Waals surface area contributed by atoms with Crippen LogP contribution in [0.25, 0.3) is 0 Å². The Labute approximate surface area is 124 Å². The molecular weight excluding hydrogens is 270 g/mol. The number of nitrogens with one attached hydrogen (secondary N) is 1. The van der Waals surface area contributed by atoms with Crippen LogP contribution in [0.5, 0.6) is 0 Å². The van der Waals surface area contributed by atoms with Crippen LogP contribution in [0.15, 0.2) is 18.2 Å². The minimum absolute atomic E-state index is 0.170. The molecule has 0 unspecified atom stereocenters. The van der Waals surface area contributed by atoms with E-state index in [4.69, 9.17) is 5.73 Å². The lowest BCUT2D eigenvalue weighted by Gasteiger charge is -2.15. The molecule has 0 aromatic heterocycles. The third-order valence-electron chi connectivity index (χ3n) is 3.59. The molecule has 0 saturated carbocycles. The molecular formula is C15H21N3O3. The first-order valence-electron chi connectivity index (χ1n) is 7.11. The van der Waals surface area contributed by atoms with Crippen molar-refractivity contribution < 1.29 is 14.3 Å². The SMILES string of the molecule is COC(=O)c1cc(NCCC(=O)N2CCCC2)ccc1N. The van der Waals surface area contributed by atoms with Crippen molar-refractivity contribution in [3.05, 3.63) is 23.8 Å². The second-order valence-electron chi connectivity index (χ2n) is 5.06. The fourth-order valence-electron chi connectivity index (χ4n) is 2.39. The molecule has 2 rings (SSSR count). The lowest BCUT2D eigenvalue weighted by atomic mass is 10.1. The molecule has 6 heteroatoms. The Morgan fingerprint density at radius 2 is 2.05 bits per heavy atom. The number of anilines is 2. The molecule has 1 aromatic carbocycles. The summed E-state index contributed by atoms with van der Waals surface area (Å²) in [7, 11) is 1.32. The third-order valence-corrected chi connectivity index (χ3v) is 3.59. The first kappa shape index (κ1) is 15.2. The van der Waals surface area contributed by atoms with Gasteiger partial charge < -0.3 is 20.7 Å². The topological polar surface area (TPSA) is 84.7 Å². The van der Waals surface area contributed by atoms with Crippen LogP contribution in [0.4, 0.5) is 11.4 Å². The van der Waals surface area contributed by atoms with Gasteiger partial charge in [0.15, 0.2) is 0 Å². The number of carbonyl (C=O) groups excluding carboxylic acids is 2. The van der Waals surface area contributed by atoms with Crippen LogP contribution in [0, 0.1) is 0 Å². The fourth-order valence-corrected chi connectivity index (χ4v) is 2.39. The standard InChI is InChI=1S/C15H21N3O3/c1-21-15(20)12-10-11(4-5-13(12)16)17-7-6-14(19)18-8-2-3-9-18/h4-5,10,17H,2-3,6-9,16H2,1H3. The summed E-state index contributed by atoms with van der Waals surface area (Å²) in [4.78, 5) is 25.3. The molecule has 0 radical (unpaired) electrons. The highest BCUT2D eigenvalue weighted by Gasteiger charge is 2.17. The maximum absolute atomic E-state index is 11.9. The Morgan fingerprint density at radius 1 is 1.33 bits per heavy atom. The van der Waals surface area contributed by atoms with Crippen molar-refractivity contribution in [2.24, 2.45) is 0 Å². The van der Waals surface area contributed by atoms with E-state index in [1.165, 1.54) is 7.11 Å². The molecule has 0 aliphatic carbocycles. The summed E-state index contributed by atoms with van der Waals surface area (Å²) in [6, 6.07) is 5.07. The zero-order valence-corrected chi connectivity index (χ0v) is 12.2. The summed E-state index contributed by atoms with van der Waals surface area (Å²) in [5.74, 6) is -0.298. The van der Waals surface area contributed by atoms with Gasteiger partial charge in [-0.15, -0.1) is 0 Å². The summed E-state index contributed by atoms with van der Waals surface area (Å²) >= 11 is 0. The van der Waals surface area contributed by atoms with Gasteiger partial charge in [0, 0.05) is 37.4 Å². The molecule has 6 nitrogen and oxygen atoms in total. The van der Waals surface area contributed by atoms with Crippen LogP contribution in [0.3, 0.4) is 0 Å². The lowest BCUT2D eigenvalue weighted by Crippen LogP contribution is -2.29. The number of nitrogen functional groups attached to an aromatic ring is 1. The van der Waals surface area contributed by atoms with E-state index >= 15 is 0 Å². The van der Waals surface area contributed by atoms with Gasteiger partial charge in [0.25, 0.3) is 0 Å². The summed E-state index contributed by atoms with van der Waals surface area (Å²) in [5.41, 5.74) is 7.19. The number of likely N-dealkylation sites (tertiary alicyclic amines) is 1. The van der Waals surface area contributed by atoms with Gasteiger partial charge in [-0.25, -0.2) is 4.79 Å². The van der Waals surface area contributed by atoms with Crippen LogP contribution >= 0.6 is 0 Å². The van der Waals surface area contributed by atoms with Crippen molar-refractivity contribution in [1.82, 2.24) is 4.90 Å². The van der Waals surface area contributed by atoms with Gasteiger partial charge in [0.1, 0.15) is 0 Å². The minimum Gasteiger partial charge on any atom is -0.465 e. The van der Waals surface area contributed by atoms with Gasteiger partial charge in [0.2, 0.25) is 5.91 Å². The Bertz CT molecular complexity index is 525. The Kier molecular flexibility index (Phi) is 5.03.